The number of hydrogen-bond acceptors (Lipinski definition) is 8. The Morgan fingerprint density at radius 2 is 1.74 bits per heavy atom. The van der Waals surface area contributed by atoms with E-state index in [0.29, 0.717) is 11.5 Å². The summed E-state index contributed by atoms with van der Waals surface area (Å²) >= 11 is 1.65. The summed E-state index contributed by atoms with van der Waals surface area (Å²) in [7, 11) is 1.74. The fourth-order valence-electron chi connectivity index (χ4n) is 3.96. The minimum absolute atomic E-state index is 0.101. The van der Waals surface area contributed by atoms with Crippen LogP contribution in [0.15, 0.2) is 47.5 Å². The van der Waals surface area contributed by atoms with Crippen molar-refractivity contribution >= 4 is 32.5 Å². The smallest absolute Gasteiger partial charge is 0.164 e. The van der Waals surface area contributed by atoms with Crippen molar-refractivity contribution in [1.82, 2.24) is 0 Å². The maximum Gasteiger partial charge on any atom is 0.164 e. The molecule has 2 atom stereocenters. The number of amidine groups is 1. The van der Waals surface area contributed by atoms with Gasteiger partial charge in [0.25, 0.3) is 0 Å². The summed E-state index contributed by atoms with van der Waals surface area (Å²) in [6.07, 6.45) is 0.876. The summed E-state index contributed by atoms with van der Waals surface area (Å²) in [6.45, 7) is 0. The van der Waals surface area contributed by atoms with Gasteiger partial charge >= 0.3 is 0 Å². The van der Waals surface area contributed by atoms with Gasteiger partial charge in [-0.1, -0.05) is 23.9 Å². The fraction of sp³-hybridized carbons (Fsp3) is 0.409. The molecular formula is C22H26N2O5S2. The zero-order valence-corrected chi connectivity index (χ0v) is 19.4. The summed E-state index contributed by atoms with van der Waals surface area (Å²) in [5.41, 5.74) is 2.07. The predicted octanol–water partition coefficient (Wildman–Crippen LogP) is 3.03. The van der Waals surface area contributed by atoms with E-state index in [9.17, 15) is 8.42 Å². The van der Waals surface area contributed by atoms with Crippen LogP contribution in [0.1, 0.15) is 5.56 Å². The second-order valence-electron chi connectivity index (χ2n) is 7.48. The SMILES string of the molecule is COc1ccc(CCSC2=N[C@H]3CS(=O)(=O)C[C@H]3N2c2ccc(OC)c(OC)c2)cc1. The van der Waals surface area contributed by atoms with Crippen LogP contribution in [-0.2, 0) is 16.3 Å². The molecule has 1 saturated heterocycles. The molecule has 2 heterocycles. The summed E-state index contributed by atoms with van der Waals surface area (Å²) < 4.78 is 40.5. The molecule has 1 fully saturated rings. The third kappa shape index (κ3) is 4.62. The number of fused-ring (bicyclic) bond motifs is 1. The van der Waals surface area contributed by atoms with Crippen LogP contribution >= 0.6 is 11.8 Å². The third-order valence-electron chi connectivity index (χ3n) is 5.53. The third-order valence-corrected chi connectivity index (χ3v) is 8.20. The molecule has 7 nitrogen and oxygen atoms in total. The van der Waals surface area contributed by atoms with E-state index in [1.807, 2.05) is 30.3 Å². The minimum Gasteiger partial charge on any atom is -0.497 e. The Balaban J connectivity index is 1.54. The number of thioether (sulfide) groups is 1. The second kappa shape index (κ2) is 9.00. The lowest BCUT2D eigenvalue weighted by molar-refractivity contribution is 0.355. The Morgan fingerprint density at radius 3 is 2.42 bits per heavy atom. The number of sulfone groups is 1. The molecule has 31 heavy (non-hydrogen) atoms. The Kier molecular flexibility index (Phi) is 6.34. The molecule has 0 amide bonds. The van der Waals surface area contributed by atoms with Crippen molar-refractivity contribution in [3.63, 3.8) is 0 Å². The zero-order valence-electron chi connectivity index (χ0n) is 17.8. The Bertz CT molecular complexity index is 1070. The van der Waals surface area contributed by atoms with Crippen LogP contribution in [0.2, 0.25) is 0 Å². The molecule has 2 aromatic carbocycles. The number of ether oxygens (including phenoxy) is 3. The fourth-order valence-corrected chi connectivity index (χ4v) is 6.92. The molecule has 4 rings (SSSR count). The first kappa shape index (κ1) is 21.8. The first-order valence-electron chi connectivity index (χ1n) is 9.99. The Morgan fingerprint density at radius 1 is 1.00 bits per heavy atom. The lowest BCUT2D eigenvalue weighted by Gasteiger charge is -2.27. The van der Waals surface area contributed by atoms with Crippen LogP contribution in [0, 0.1) is 0 Å². The maximum atomic E-state index is 12.2. The number of rotatable bonds is 7. The van der Waals surface area contributed by atoms with Gasteiger partial charge in [-0.05, 0) is 36.2 Å². The van der Waals surface area contributed by atoms with Crippen LogP contribution in [0.3, 0.4) is 0 Å². The van der Waals surface area contributed by atoms with E-state index in [1.54, 1.807) is 33.1 Å². The number of nitrogens with zero attached hydrogens (tertiary/aromatic N) is 2. The molecule has 0 aliphatic carbocycles. The summed E-state index contributed by atoms with van der Waals surface area (Å²) in [6, 6.07) is 13.3. The van der Waals surface area contributed by atoms with Crippen molar-refractivity contribution in [2.75, 3.05) is 43.5 Å². The van der Waals surface area contributed by atoms with E-state index in [1.165, 1.54) is 5.56 Å². The first-order valence-corrected chi connectivity index (χ1v) is 12.8. The van der Waals surface area contributed by atoms with Gasteiger partial charge in [-0.2, -0.15) is 0 Å². The second-order valence-corrected chi connectivity index (χ2v) is 10.7. The molecule has 2 aliphatic rings. The monoisotopic (exact) mass is 462 g/mol. The lowest BCUT2D eigenvalue weighted by atomic mass is 10.1. The van der Waals surface area contributed by atoms with Crippen molar-refractivity contribution in [3.05, 3.63) is 48.0 Å². The van der Waals surface area contributed by atoms with Crippen molar-refractivity contribution < 1.29 is 22.6 Å². The van der Waals surface area contributed by atoms with Crippen molar-refractivity contribution in [2.24, 2.45) is 4.99 Å². The molecule has 0 radical (unpaired) electrons. The van der Waals surface area contributed by atoms with Gasteiger partial charge in [-0.25, -0.2) is 8.42 Å². The van der Waals surface area contributed by atoms with Gasteiger partial charge in [0.05, 0.1) is 44.9 Å². The quantitative estimate of drug-likeness (QED) is 0.626. The summed E-state index contributed by atoms with van der Waals surface area (Å²) in [5.74, 6) is 3.12. The van der Waals surface area contributed by atoms with Gasteiger partial charge in [0.1, 0.15) is 5.75 Å². The van der Waals surface area contributed by atoms with E-state index in [0.717, 1.165) is 28.8 Å². The molecule has 2 aliphatic heterocycles. The topological polar surface area (TPSA) is 77.4 Å². The molecule has 9 heteroatoms. The van der Waals surface area contributed by atoms with Crippen molar-refractivity contribution in [2.45, 2.75) is 18.5 Å². The highest BCUT2D eigenvalue weighted by Crippen LogP contribution is 2.39. The molecule has 0 aromatic heterocycles. The number of aliphatic imine (C=N–C) groups is 1. The number of benzene rings is 2. The van der Waals surface area contributed by atoms with E-state index in [4.69, 9.17) is 19.2 Å². The van der Waals surface area contributed by atoms with Gasteiger partial charge < -0.3 is 19.1 Å². The van der Waals surface area contributed by atoms with Crippen LogP contribution < -0.4 is 19.1 Å². The molecule has 0 saturated carbocycles. The highest BCUT2D eigenvalue weighted by Gasteiger charge is 2.47. The van der Waals surface area contributed by atoms with Crippen LogP contribution in [-0.4, -0.2) is 64.3 Å². The molecule has 0 spiro atoms. The number of anilines is 1. The van der Waals surface area contributed by atoms with Crippen LogP contribution in [0.4, 0.5) is 5.69 Å². The molecule has 0 N–H and O–H groups in total. The number of aryl methyl sites for hydroxylation is 1. The van der Waals surface area contributed by atoms with Crippen molar-refractivity contribution in [3.8, 4) is 17.2 Å². The van der Waals surface area contributed by atoms with Gasteiger partial charge in [0, 0.05) is 17.5 Å². The lowest BCUT2D eigenvalue weighted by Crippen LogP contribution is -2.39. The summed E-state index contributed by atoms with van der Waals surface area (Å²) in [4.78, 5) is 6.85. The van der Waals surface area contributed by atoms with E-state index in [2.05, 4.69) is 17.0 Å². The van der Waals surface area contributed by atoms with E-state index < -0.39 is 9.84 Å². The van der Waals surface area contributed by atoms with Crippen molar-refractivity contribution in [1.29, 1.82) is 0 Å². The molecule has 0 bridgehead atoms. The Labute approximate surface area is 187 Å². The maximum absolute atomic E-state index is 12.2. The average Bonchev–Trinajstić information content (AvgIpc) is 3.24. The van der Waals surface area contributed by atoms with Crippen LogP contribution in [0.5, 0.6) is 17.2 Å². The van der Waals surface area contributed by atoms with E-state index in [-0.39, 0.29) is 23.6 Å². The molecule has 2 aromatic rings. The largest absolute Gasteiger partial charge is 0.497 e. The Hall–Kier alpha value is -2.39. The minimum atomic E-state index is -3.09. The highest BCUT2D eigenvalue weighted by molar-refractivity contribution is 8.14. The molecule has 166 valence electrons. The van der Waals surface area contributed by atoms with Gasteiger partial charge in [-0.15, -0.1) is 0 Å². The predicted molar refractivity (Wildman–Crippen MR) is 125 cm³/mol. The zero-order chi connectivity index (χ0) is 22.0. The normalized spacial score (nSPS) is 21.5. The highest BCUT2D eigenvalue weighted by atomic mass is 32.2. The standard InChI is InChI=1S/C22H26N2O5S2/c1-27-17-7-4-15(5-8-17)10-11-30-22-23-18-13-31(25,26)14-19(18)24(22)16-6-9-20(28-2)21(12-16)29-3/h4-9,12,18-19H,10-11,13-14H2,1-3H3/t18-,19+/m0/s1. The first-order chi connectivity index (χ1) is 14.9. The van der Waals surface area contributed by atoms with Gasteiger partial charge in [-0.3, -0.25) is 4.99 Å². The van der Waals surface area contributed by atoms with Gasteiger partial charge in [0.2, 0.25) is 0 Å². The average molecular weight is 463 g/mol. The number of methoxy groups -OCH3 is 3. The molecule has 0 unspecified atom stereocenters. The van der Waals surface area contributed by atoms with Gasteiger partial charge in [0.15, 0.2) is 26.5 Å². The van der Waals surface area contributed by atoms with E-state index >= 15 is 0 Å². The molecular weight excluding hydrogens is 436 g/mol. The summed E-state index contributed by atoms with van der Waals surface area (Å²) in [5, 5.41) is 0.852. The van der Waals surface area contributed by atoms with Crippen LogP contribution in [0.25, 0.3) is 0 Å². The number of hydrogen-bond donors (Lipinski definition) is 0.